The Balaban J connectivity index is 1.51. The van der Waals surface area contributed by atoms with Crippen molar-refractivity contribution < 1.29 is 14.6 Å². The number of hydrogen-bond donors (Lipinski definition) is 1. The summed E-state index contributed by atoms with van der Waals surface area (Å²) in [6.45, 7) is 5.73. The molecule has 2 aromatic carbocycles. The van der Waals surface area contributed by atoms with Gasteiger partial charge in [-0.1, -0.05) is 49.9 Å². The monoisotopic (exact) mass is 441 g/mol. The number of hydrogen-bond acceptors (Lipinski definition) is 5. The number of aryl methyl sites for hydroxylation is 2. The second kappa shape index (κ2) is 11.0. The van der Waals surface area contributed by atoms with Gasteiger partial charge in [0.2, 0.25) is 0 Å². The molecule has 164 valence electrons. The number of ether oxygens (including phenoxy) is 1. The van der Waals surface area contributed by atoms with Gasteiger partial charge in [0.05, 0.1) is 6.61 Å². The number of nitrogens with zero attached hydrogens (tertiary/aromatic N) is 3. The number of fused-ring (bicyclic) bond motifs is 1. The zero-order valence-electron chi connectivity index (χ0n) is 17.8. The quantitative estimate of drug-likeness (QED) is 0.234. The van der Waals surface area contributed by atoms with Crippen LogP contribution in [0.2, 0.25) is 5.02 Å². The van der Waals surface area contributed by atoms with Gasteiger partial charge in [-0.05, 0) is 61.6 Å². The molecule has 0 aliphatic rings. The average Bonchev–Trinajstić information content (AvgIpc) is 3.17. The van der Waals surface area contributed by atoms with Crippen LogP contribution in [0, 0.1) is 6.92 Å². The summed E-state index contributed by atoms with van der Waals surface area (Å²) in [7, 11) is 0. The number of halogens is 1. The van der Waals surface area contributed by atoms with Crippen molar-refractivity contribution in [2.24, 2.45) is 0 Å². The summed E-state index contributed by atoms with van der Waals surface area (Å²) < 4.78 is 4.97. The first kappa shape index (κ1) is 22.8. The summed E-state index contributed by atoms with van der Waals surface area (Å²) in [6.07, 6.45) is 8.52. The van der Waals surface area contributed by atoms with Gasteiger partial charge in [-0.25, -0.2) is 4.79 Å². The van der Waals surface area contributed by atoms with Crippen LogP contribution >= 0.6 is 11.6 Å². The van der Waals surface area contributed by atoms with E-state index in [1.807, 2.05) is 25.1 Å². The van der Waals surface area contributed by atoms with Crippen LogP contribution in [-0.4, -0.2) is 32.7 Å². The van der Waals surface area contributed by atoms with Gasteiger partial charge in [0.1, 0.15) is 22.5 Å². The molecule has 3 aromatic rings. The number of carbonyl (C=O) groups is 1. The molecular formula is C24H28ClN3O3. The lowest BCUT2D eigenvalue weighted by Crippen LogP contribution is -2.02. The van der Waals surface area contributed by atoms with E-state index in [2.05, 4.69) is 16.8 Å². The minimum atomic E-state index is -0.356. The Kier molecular flexibility index (Phi) is 8.06. The van der Waals surface area contributed by atoms with Gasteiger partial charge in [0.25, 0.3) is 0 Å². The molecule has 0 saturated carbocycles. The molecule has 1 aromatic heterocycles. The molecule has 0 saturated heterocycles. The smallest absolute Gasteiger partial charge is 0.330 e. The van der Waals surface area contributed by atoms with E-state index in [1.165, 1.54) is 10.9 Å². The topological polar surface area (TPSA) is 77.2 Å². The molecule has 0 aliphatic heterocycles. The molecule has 3 rings (SSSR count). The predicted octanol–water partition coefficient (Wildman–Crippen LogP) is 5.70. The van der Waals surface area contributed by atoms with Crippen molar-refractivity contribution in [1.29, 1.82) is 0 Å². The fraction of sp³-hybridized carbons (Fsp3) is 0.375. The van der Waals surface area contributed by atoms with E-state index in [4.69, 9.17) is 16.3 Å². The van der Waals surface area contributed by atoms with Crippen molar-refractivity contribution in [3.8, 4) is 11.4 Å². The van der Waals surface area contributed by atoms with Gasteiger partial charge in [-0.3, -0.25) is 0 Å². The van der Waals surface area contributed by atoms with Crippen LogP contribution in [0.3, 0.4) is 0 Å². The number of unbranched alkanes of at least 4 members (excludes halogenated alkanes) is 5. The third-order valence-corrected chi connectivity index (χ3v) is 5.40. The molecule has 0 atom stereocenters. The van der Waals surface area contributed by atoms with E-state index in [-0.39, 0.29) is 11.7 Å². The molecule has 6 nitrogen and oxygen atoms in total. The lowest BCUT2D eigenvalue weighted by atomic mass is 10.0. The number of phenols is 1. The molecule has 0 amide bonds. The zero-order chi connectivity index (χ0) is 22.2. The highest BCUT2D eigenvalue weighted by Gasteiger charge is 2.13. The normalized spacial score (nSPS) is 11.0. The molecule has 7 heteroatoms. The second-order valence-corrected chi connectivity index (χ2v) is 8.08. The maximum absolute atomic E-state index is 11.0. The summed E-state index contributed by atoms with van der Waals surface area (Å²) in [5.41, 5.74) is 3.96. The van der Waals surface area contributed by atoms with Crippen LogP contribution in [0.4, 0.5) is 0 Å². The fourth-order valence-electron chi connectivity index (χ4n) is 3.50. The van der Waals surface area contributed by atoms with Crippen LogP contribution in [0.15, 0.2) is 43.0 Å². The van der Waals surface area contributed by atoms with E-state index < -0.39 is 0 Å². The van der Waals surface area contributed by atoms with Gasteiger partial charge >= 0.3 is 5.97 Å². The van der Waals surface area contributed by atoms with Gasteiger partial charge < -0.3 is 9.84 Å². The SMILES string of the molecule is C=CC(=O)OCCCCCCCCc1cc(C)c(O)c(-n2nc3ccc(Cl)cc3n2)c1. The molecule has 0 aliphatic carbocycles. The Morgan fingerprint density at radius 3 is 2.58 bits per heavy atom. The van der Waals surface area contributed by atoms with Crippen LogP contribution in [0.5, 0.6) is 5.75 Å². The van der Waals surface area contributed by atoms with E-state index in [0.29, 0.717) is 22.8 Å². The molecule has 0 spiro atoms. The Hall–Kier alpha value is -2.86. The van der Waals surface area contributed by atoms with Gasteiger partial charge in [0, 0.05) is 11.1 Å². The second-order valence-electron chi connectivity index (χ2n) is 7.65. The fourth-order valence-corrected chi connectivity index (χ4v) is 3.66. The third-order valence-electron chi connectivity index (χ3n) is 5.17. The van der Waals surface area contributed by atoms with E-state index >= 15 is 0 Å². The number of benzene rings is 2. The summed E-state index contributed by atoms with van der Waals surface area (Å²) in [5.74, 6) is -0.168. The Labute approximate surface area is 187 Å². The first-order valence-electron chi connectivity index (χ1n) is 10.6. The van der Waals surface area contributed by atoms with E-state index in [1.54, 1.807) is 12.1 Å². The van der Waals surface area contributed by atoms with Crippen molar-refractivity contribution in [3.63, 3.8) is 0 Å². The minimum absolute atomic E-state index is 0.187. The largest absolute Gasteiger partial charge is 0.505 e. The molecule has 0 radical (unpaired) electrons. The molecule has 1 N–H and O–H groups in total. The number of esters is 1. The predicted molar refractivity (Wildman–Crippen MR) is 123 cm³/mol. The maximum Gasteiger partial charge on any atom is 0.330 e. The third kappa shape index (κ3) is 6.31. The van der Waals surface area contributed by atoms with E-state index in [0.717, 1.165) is 61.6 Å². The first-order chi connectivity index (χ1) is 15.0. The number of aromatic nitrogens is 3. The van der Waals surface area contributed by atoms with Crippen LogP contribution in [-0.2, 0) is 16.0 Å². The van der Waals surface area contributed by atoms with Gasteiger partial charge in [-0.2, -0.15) is 0 Å². The van der Waals surface area contributed by atoms with Gasteiger partial charge in [-0.15, -0.1) is 15.0 Å². The molecule has 0 unspecified atom stereocenters. The molecular weight excluding hydrogens is 414 g/mol. The van der Waals surface area contributed by atoms with Crippen molar-refractivity contribution >= 4 is 28.6 Å². The van der Waals surface area contributed by atoms with Crippen molar-refractivity contribution in [2.45, 2.75) is 51.9 Å². The van der Waals surface area contributed by atoms with Crippen molar-refractivity contribution in [1.82, 2.24) is 15.0 Å². The van der Waals surface area contributed by atoms with E-state index in [9.17, 15) is 9.90 Å². The highest BCUT2D eigenvalue weighted by Crippen LogP contribution is 2.28. The number of rotatable bonds is 11. The molecule has 0 bridgehead atoms. The van der Waals surface area contributed by atoms with Crippen molar-refractivity contribution in [2.75, 3.05) is 6.61 Å². The number of phenolic OH excluding ortho intramolecular Hbond substituents is 1. The number of aromatic hydroxyl groups is 1. The van der Waals surface area contributed by atoms with Crippen molar-refractivity contribution in [3.05, 3.63) is 59.1 Å². The minimum Gasteiger partial charge on any atom is -0.505 e. The van der Waals surface area contributed by atoms with Gasteiger partial charge in [0.15, 0.2) is 0 Å². The summed E-state index contributed by atoms with van der Waals surface area (Å²) in [5, 5.41) is 20.1. The van der Waals surface area contributed by atoms with Crippen LogP contribution in [0.25, 0.3) is 16.7 Å². The Bertz CT molecular complexity index is 1060. The lowest BCUT2D eigenvalue weighted by molar-refractivity contribution is -0.137. The average molecular weight is 442 g/mol. The van der Waals surface area contributed by atoms with Crippen LogP contribution < -0.4 is 0 Å². The number of carbonyl (C=O) groups excluding carboxylic acids is 1. The highest BCUT2D eigenvalue weighted by molar-refractivity contribution is 6.31. The Morgan fingerprint density at radius 1 is 1.10 bits per heavy atom. The molecule has 1 heterocycles. The standard InChI is InChI=1S/C24H28ClN3O3/c1-3-23(29)31-13-9-7-5-4-6-8-10-18-14-17(2)24(30)22(15-18)28-26-20-12-11-19(25)16-21(20)27-28/h3,11-12,14-16,30H,1,4-10,13H2,2H3. The summed E-state index contributed by atoms with van der Waals surface area (Å²) >= 11 is 6.04. The molecule has 0 fully saturated rings. The highest BCUT2D eigenvalue weighted by atomic mass is 35.5. The zero-order valence-corrected chi connectivity index (χ0v) is 18.6. The first-order valence-corrected chi connectivity index (χ1v) is 11.0. The summed E-state index contributed by atoms with van der Waals surface area (Å²) in [6, 6.07) is 9.33. The maximum atomic E-state index is 11.0. The molecule has 31 heavy (non-hydrogen) atoms. The summed E-state index contributed by atoms with van der Waals surface area (Å²) in [4.78, 5) is 12.4. The Morgan fingerprint density at radius 2 is 1.81 bits per heavy atom. The lowest BCUT2D eigenvalue weighted by Gasteiger charge is -2.10. The van der Waals surface area contributed by atoms with Crippen LogP contribution in [0.1, 0.15) is 49.7 Å².